The number of Topliss-reactive ketones (excluding diaryl/α,β-unsaturated/α-hetero) is 1. The lowest BCUT2D eigenvalue weighted by Gasteiger charge is -2.10. The summed E-state index contributed by atoms with van der Waals surface area (Å²) in [5.74, 6) is -1.06. The molecule has 2 unspecified atom stereocenters. The van der Waals surface area contributed by atoms with Gasteiger partial charge >= 0.3 is 5.97 Å². The van der Waals surface area contributed by atoms with E-state index in [-0.39, 0.29) is 11.7 Å². The Labute approximate surface area is 71.4 Å². The lowest BCUT2D eigenvalue weighted by Crippen LogP contribution is -2.24. The molecule has 0 bridgehead atoms. The highest BCUT2D eigenvalue weighted by Crippen LogP contribution is 2.30. The highest BCUT2D eigenvalue weighted by molar-refractivity contribution is 6.01. The van der Waals surface area contributed by atoms with E-state index in [0.717, 1.165) is 6.42 Å². The molecule has 12 heavy (non-hydrogen) atoms. The van der Waals surface area contributed by atoms with E-state index in [1.54, 1.807) is 6.08 Å². The summed E-state index contributed by atoms with van der Waals surface area (Å²) in [4.78, 5) is 22.3. The average Bonchev–Trinajstić information content (AvgIpc) is 2.45. The van der Waals surface area contributed by atoms with Gasteiger partial charge in [0, 0.05) is 6.42 Å². The molecule has 0 saturated heterocycles. The maximum atomic E-state index is 11.2. The molecule has 1 aliphatic rings. The molecule has 3 heteroatoms. The molecule has 0 amide bonds. The fourth-order valence-electron chi connectivity index (χ4n) is 1.56. The number of carbonyl (C=O) groups excluding carboxylic acids is 2. The third-order valence-corrected chi connectivity index (χ3v) is 2.26. The zero-order chi connectivity index (χ0) is 9.14. The molecule has 1 rings (SSSR count). The van der Waals surface area contributed by atoms with Gasteiger partial charge in [-0.2, -0.15) is 0 Å². The molecule has 0 aromatic heterocycles. The predicted molar refractivity (Wildman–Crippen MR) is 43.4 cm³/mol. The van der Waals surface area contributed by atoms with Gasteiger partial charge in [0.25, 0.3) is 0 Å². The van der Waals surface area contributed by atoms with Crippen LogP contribution in [0.2, 0.25) is 0 Å². The van der Waals surface area contributed by atoms with E-state index < -0.39 is 11.9 Å². The van der Waals surface area contributed by atoms with Crippen LogP contribution in [0.25, 0.3) is 0 Å². The fourth-order valence-corrected chi connectivity index (χ4v) is 1.56. The predicted octanol–water partition coefficient (Wildman–Crippen LogP) is 0.941. The Balaban J connectivity index is 2.76. The molecule has 1 saturated carbocycles. The molecule has 0 N–H and O–H groups in total. The minimum absolute atomic E-state index is 0.0215. The molecule has 3 nitrogen and oxygen atoms in total. The van der Waals surface area contributed by atoms with Crippen molar-refractivity contribution in [1.82, 2.24) is 0 Å². The summed E-state index contributed by atoms with van der Waals surface area (Å²) < 4.78 is 4.53. The molecule has 0 aliphatic heterocycles. The minimum Gasteiger partial charge on any atom is -0.468 e. The summed E-state index contributed by atoms with van der Waals surface area (Å²) in [6.45, 7) is 3.58. The summed E-state index contributed by atoms with van der Waals surface area (Å²) in [5.41, 5.74) is 0. The van der Waals surface area contributed by atoms with Gasteiger partial charge in [0.1, 0.15) is 11.7 Å². The van der Waals surface area contributed by atoms with Gasteiger partial charge in [-0.15, -0.1) is 6.58 Å². The minimum atomic E-state index is -0.590. The van der Waals surface area contributed by atoms with Crippen molar-refractivity contribution in [2.24, 2.45) is 11.8 Å². The number of ether oxygens (including phenoxy) is 1. The van der Waals surface area contributed by atoms with E-state index in [0.29, 0.717) is 6.42 Å². The first kappa shape index (κ1) is 8.97. The van der Waals surface area contributed by atoms with Crippen molar-refractivity contribution >= 4 is 11.8 Å². The molecule has 0 aromatic rings. The summed E-state index contributed by atoms with van der Waals surface area (Å²) in [7, 11) is 1.30. The van der Waals surface area contributed by atoms with Crippen molar-refractivity contribution in [2.75, 3.05) is 7.11 Å². The average molecular weight is 168 g/mol. The van der Waals surface area contributed by atoms with Crippen LogP contribution in [0, 0.1) is 11.8 Å². The van der Waals surface area contributed by atoms with Gasteiger partial charge < -0.3 is 4.74 Å². The van der Waals surface area contributed by atoms with Crippen molar-refractivity contribution in [1.29, 1.82) is 0 Å². The monoisotopic (exact) mass is 168 g/mol. The lowest BCUT2D eigenvalue weighted by atomic mass is 9.96. The molecular weight excluding hydrogens is 156 g/mol. The fraction of sp³-hybridized carbons (Fsp3) is 0.556. The standard InChI is InChI=1S/C9H12O3/c1-3-6-4-5-7(10)8(6)9(11)12-2/h3,6,8H,1,4-5H2,2H3. The Morgan fingerprint density at radius 2 is 2.42 bits per heavy atom. The van der Waals surface area contributed by atoms with E-state index >= 15 is 0 Å². The largest absolute Gasteiger partial charge is 0.468 e. The van der Waals surface area contributed by atoms with Gasteiger partial charge in [-0.25, -0.2) is 0 Å². The molecule has 2 atom stereocenters. The van der Waals surface area contributed by atoms with Gasteiger partial charge in [0.15, 0.2) is 0 Å². The molecule has 1 fully saturated rings. The third-order valence-electron chi connectivity index (χ3n) is 2.26. The van der Waals surface area contributed by atoms with Gasteiger partial charge in [0.05, 0.1) is 7.11 Å². The third kappa shape index (κ3) is 1.40. The highest BCUT2D eigenvalue weighted by Gasteiger charge is 2.38. The second-order valence-corrected chi connectivity index (χ2v) is 2.91. The Morgan fingerprint density at radius 3 is 2.92 bits per heavy atom. The molecular formula is C9H12O3. The van der Waals surface area contributed by atoms with Crippen molar-refractivity contribution in [3.63, 3.8) is 0 Å². The van der Waals surface area contributed by atoms with Crippen LogP contribution in [0.4, 0.5) is 0 Å². The van der Waals surface area contributed by atoms with Crippen LogP contribution in [-0.4, -0.2) is 18.9 Å². The SMILES string of the molecule is C=CC1CCC(=O)C1C(=O)OC. The zero-order valence-corrected chi connectivity index (χ0v) is 7.08. The highest BCUT2D eigenvalue weighted by atomic mass is 16.5. The molecule has 1 aliphatic carbocycles. The number of allylic oxidation sites excluding steroid dienone is 1. The lowest BCUT2D eigenvalue weighted by molar-refractivity contribution is -0.149. The molecule has 66 valence electrons. The van der Waals surface area contributed by atoms with Crippen LogP contribution >= 0.6 is 0 Å². The molecule has 0 aromatic carbocycles. The van der Waals surface area contributed by atoms with Crippen LogP contribution < -0.4 is 0 Å². The molecule has 0 heterocycles. The summed E-state index contributed by atoms with van der Waals surface area (Å²) in [6, 6.07) is 0. The maximum Gasteiger partial charge on any atom is 0.316 e. The number of carbonyl (C=O) groups is 2. The van der Waals surface area contributed by atoms with Crippen LogP contribution in [0.5, 0.6) is 0 Å². The summed E-state index contributed by atoms with van der Waals surface area (Å²) in [5, 5.41) is 0. The smallest absolute Gasteiger partial charge is 0.316 e. The Bertz CT molecular complexity index is 220. The number of hydrogen-bond donors (Lipinski definition) is 0. The number of esters is 1. The quantitative estimate of drug-likeness (QED) is 0.350. The second kappa shape index (κ2) is 3.52. The first-order valence-corrected chi connectivity index (χ1v) is 3.93. The Morgan fingerprint density at radius 1 is 1.75 bits per heavy atom. The molecule has 0 spiro atoms. The van der Waals surface area contributed by atoms with E-state index in [1.165, 1.54) is 7.11 Å². The number of hydrogen-bond acceptors (Lipinski definition) is 3. The normalized spacial score (nSPS) is 28.6. The van der Waals surface area contributed by atoms with Crippen LogP contribution in [0.1, 0.15) is 12.8 Å². The van der Waals surface area contributed by atoms with Gasteiger partial charge in [0.2, 0.25) is 0 Å². The van der Waals surface area contributed by atoms with E-state index in [4.69, 9.17) is 0 Å². The Kier molecular flexibility index (Phi) is 2.63. The summed E-state index contributed by atoms with van der Waals surface area (Å²) in [6.07, 6.45) is 2.85. The number of ketones is 1. The maximum absolute atomic E-state index is 11.2. The van der Waals surface area contributed by atoms with Crippen LogP contribution in [0.3, 0.4) is 0 Å². The van der Waals surface area contributed by atoms with E-state index in [9.17, 15) is 9.59 Å². The Hall–Kier alpha value is -1.12. The zero-order valence-electron chi connectivity index (χ0n) is 7.08. The second-order valence-electron chi connectivity index (χ2n) is 2.91. The first-order chi connectivity index (χ1) is 5.70. The van der Waals surface area contributed by atoms with Gasteiger partial charge in [-0.1, -0.05) is 6.08 Å². The summed E-state index contributed by atoms with van der Waals surface area (Å²) >= 11 is 0. The number of methoxy groups -OCH3 is 1. The van der Waals surface area contributed by atoms with Crippen molar-refractivity contribution in [3.05, 3.63) is 12.7 Å². The van der Waals surface area contributed by atoms with Gasteiger partial charge in [-0.05, 0) is 12.3 Å². The van der Waals surface area contributed by atoms with Crippen molar-refractivity contribution < 1.29 is 14.3 Å². The van der Waals surface area contributed by atoms with E-state index in [2.05, 4.69) is 11.3 Å². The van der Waals surface area contributed by atoms with Crippen molar-refractivity contribution in [2.45, 2.75) is 12.8 Å². The first-order valence-electron chi connectivity index (χ1n) is 3.93. The van der Waals surface area contributed by atoms with E-state index in [1.807, 2.05) is 0 Å². The van der Waals surface area contributed by atoms with Gasteiger partial charge in [-0.3, -0.25) is 9.59 Å². The topological polar surface area (TPSA) is 43.4 Å². The van der Waals surface area contributed by atoms with Crippen LogP contribution in [0.15, 0.2) is 12.7 Å². The molecule has 0 radical (unpaired) electrons. The van der Waals surface area contributed by atoms with Crippen LogP contribution in [-0.2, 0) is 14.3 Å². The number of rotatable bonds is 2. The van der Waals surface area contributed by atoms with Crippen molar-refractivity contribution in [3.8, 4) is 0 Å².